The molecule has 0 atom stereocenters. The molecule has 3 rings (SSSR count). The van der Waals surface area contributed by atoms with Crippen LogP contribution in [0.2, 0.25) is 0 Å². The van der Waals surface area contributed by atoms with Gasteiger partial charge in [0.15, 0.2) is 0 Å². The summed E-state index contributed by atoms with van der Waals surface area (Å²) in [5.74, 6) is -0.930. The SMILES string of the molecule is O=C(O)c1ccc2c(c1)nnn2C1CCC1. The summed E-state index contributed by atoms with van der Waals surface area (Å²) in [7, 11) is 0. The van der Waals surface area contributed by atoms with E-state index in [1.807, 2.05) is 4.68 Å². The number of carboxylic acids is 1. The highest BCUT2D eigenvalue weighted by Crippen LogP contribution is 2.32. The second-order valence-electron chi connectivity index (χ2n) is 4.13. The van der Waals surface area contributed by atoms with Crippen molar-refractivity contribution in [3.8, 4) is 0 Å². The molecule has 0 amide bonds. The second-order valence-corrected chi connectivity index (χ2v) is 4.13. The lowest BCUT2D eigenvalue weighted by Crippen LogP contribution is -2.18. The van der Waals surface area contributed by atoms with Gasteiger partial charge in [-0.25, -0.2) is 9.48 Å². The number of carboxylic acid groups (broad SMARTS) is 1. The van der Waals surface area contributed by atoms with Crippen LogP contribution in [0.3, 0.4) is 0 Å². The first kappa shape index (κ1) is 9.33. The van der Waals surface area contributed by atoms with E-state index in [0.717, 1.165) is 18.4 Å². The van der Waals surface area contributed by atoms with E-state index in [-0.39, 0.29) is 5.56 Å². The normalized spacial score (nSPS) is 16.2. The van der Waals surface area contributed by atoms with Crippen molar-refractivity contribution in [3.05, 3.63) is 23.8 Å². The fraction of sp³-hybridized carbons (Fsp3) is 0.364. The number of aromatic carboxylic acids is 1. The maximum absolute atomic E-state index is 10.8. The van der Waals surface area contributed by atoms with Crippen LogP contribution in [-0.4, -0.2) is 26.1 Å². The molecule has 1 aromatic heterocycles. The highest BCUT2D eigenvalue weighted by atomic mass is 16.4. The van der Waals surface area contributed by atoms with Gasteiger partial charge in [-0.15, -0.1) is 5.10 Å². The maximum atomic E-state index is 10.8. The van der Waals surface area contributed by atoms with Crippen LogP contribution in [0.25, 0.3) is 11.0 Å². The van der Waals surface area contributed by atoms with Crippen LogP contribution in [0, 0.1) is 0 Å². The van der Waals surface area contributed by atoms with E-state index in [1.165, 1.54) is 6.42 Å². The van der Waals surface area contributed by atoms with Gasteiger partial charge >= 0.3 is 5.97 Å². The average Bonchev–Trinajstić information content (AvgIpc) is 2.59. The lowest BCUT2D eigenvalue weighted by molar-refractivity contribution is 0.0697. The van der Waals surface area contributed by atoms with E-state index in [9.17, 15) is 4.79 Å². The van der Waals surface area contributed by atoms with Crippen molar-refractivity contribution in [1.29, 1.82) is 0 Å². The molecule has 1 aliphatic carbocycles. The highest BCUT2D eigenvalue weighted by molar-refractivity contribution is 5.92. The minimum atomic E-state index is -0.930. The molecule has 0 unspecified atom stereocenters. The van der Waals surface area contributed by atoms with E-state index in [4.69, 9.17) is 5.11 Å². The molecule has 1 aliphatic rings. The summed E-state index contributed by atoms with van der Waals surface area (Å²) in [5.41, 5.74) is 1.84. The summed E-state index contributed by atoms with van der Waals surface area (Å²) < 4.78 is 1.91. The molecule has 0 bridgehead atoms. The number of nitrogens with zero attached hydrogens (tertiary/aromatic N) is 3. The van der Waals surface area contributed by atoms with Crippen LogP contribution in [0.1, 0.15) is 35.7 Å². The van der Waals surface area contributed by atoms with Crippen molar-refractivity contribution >= 4 is 17.0 Å². The van der Waals surface area contributed by atoms with Crippen molar-refractivity contribution in [1.82, 2.24) is 15.0 Å². The fourth-order valence-electron chi connectivity index (χ4n) is 1.98. The number of fused-ring (bicyclic) bond motifs is 1. The van der Waals surface area contributed by atoms with Gasteiger partial charge in [0.2, 0.25) is 0 Å². The Morgan fingerprint density at radius 1 is 1.44 bits per heavy atom. The molecule has 1 N–H and O–H groups in total. The quantitative estimate of drug-likeness (QED) is 0.833. The third-order valence-electron chi connectivity index (χ3n) is 3.14. The summed E-state index contributed by atoms with van der Waals surface area (Å²) >= 11 is 0. The first-order valence-corrected chi connectivity index (χ1v) is 5.34. The van der Waals surface area contributed by atoms with Crippen molar-refractivity contribution < 1.29 is 9.90 Å². The molecule has 1 fully saturated rings. The predicted molar refractivity (Wildman–Crippen MR) is 57.4 cm³/mol. The second kappa shape index (κ2) is 3.30. The van der Waals surface area contributed by atoms with Gasteiger partial charge in [0, 0.05) is 0 Å². The lowest BCUT2D eigenvalue weighted by atomic mass is 9.93. The molecule has 82 valence electrons. The number of hydrogen-bond donors (Lipinski definition) is 1. The molecular formula is C11H11N3O2. The van der Waals surface area contributed by atoms with Gasteiger partial charge in [-0.05, 0) is 37.5 Å². The number of carbonyl (C=O) groups is 1. The number of aromatic nitrogens is 3. The Hall–Kier alpha value is -1.91. The molecule has 0 saturated heterocycles. The smallest absolute Gasteiger partial charge is 0.335 e. The molecule has 1 aromatic carbocycles. The minimum Gasteiger partial charge on any atom is -0.478 e. The molecule has 16 heavy (non-hydrogen) atoms. The Morgan fingerprint density at radius 3 is 2.88 bits per heavy atom. The molecule has 2 aromatic rings. The Morgan fingerprint density at radius 2 is 2.25 bits per heavy atom. The molecule has 0 spiro atoms. The standard InChI is InChI=1S/C11H11N3O2/c15-11(16)7-4-5-10-9(6-7)12-13-14(10)8-2-1-3-8/h4-6,8H,1-3H2,(H,15,16). The summed E-state index contributed by atoms with van der Waals surface area (Å²) in [5, 5.41) is 17.0. The fourth-order valence-corrected chi connectivity index (χ4v) is 1.98. The van der Waals surface area contributed by atoms with E-state index >= 15 is 0 Å². The lowest BCUT2D eigenvalue weighted by Gasteiger charge is -2.25. The molecule has 0 radical (unpaired) electrons. The zero-order chi connectivity index (χ0) is 11.1. The minimum absolute atomic E-state index is 0.258. The van der Waals surface area contributed by atoms with Crippen LogP contribution in [0.5, 0.6) is 0 Å². The summed E-state index contributed by atoms with van der Waals surface area (Å²) in [6, 6.07) is 5.40. The number of hydrogen-bond acceptors (Lipinski definition) is 3. The zero-order valence-electron chi connectivity index (χ0n) is 8.63. The predicted octanol–water partition coefficient (Wildman–Crippen LogP) is 1.85. The van der Waals surface area contributed by atoms with Crippen LogP contribution in [0.15, 0.2) is 18.2 Å². The Kier molecular flexibility index (Phi) is 1.92. The van der Waals surface area contributed by atoms with Crippen molar-refractivity contribution in [2.75, 3.05) is 0 Å². The first-order valence-electron chi connectivity index (χ1n) is 5.34. The Bertz CT molecular complexity index is 557. The van der Waals surface area contributed by atoms with Gasteiger partial charge in [0.25, 0.3) is 0 Å². The molecule has 1 saturated carbocycles. The van der Waals surface area contributed by atoms with E-state index in [2.05, 4.69) is 10.3 Å². The topological polar surface area (TPSA) is 68.0 Å². The molecule has 0 aliphatic heterocycles. The first-order chi connectivity index (χ1) is 7.75. The molecular weight excluding hydrogens is 206 g/mol. The van der Waals surface area contributed by atoms with Crippen LogP contribution < -0.4 is 0 Å². The van der Waals surface area contributed by atoms with Gasteiger partial charge < -0.3 is 5.11 Å². The number of rotatable bonds is 2. The van der Waals surface area contributed by atoms with Gasteiger partial charge in [-0.1, -0.05) is 5.21 Å². The van der Waals surface area contributed by atoms with Crippen molar-refractivity contribution in [3.63, 3.8) is 0 Å². The van der Waals surface area contributed by atoms with Gasteiger partial charge in [0.1, 0.15) is 5.52 Å². The largest absolute Gasteiger partial charge is 0.478 e. The third kappa shape index (κ3) is 1.28. The number of benzene rings is 1. The highest BCUT2D eigenvalue weighted by Gasteiger charge is 2.22. The molecule has 5 nitrogen and oxygen atoms in total. The molecule has 5 heteroatoms. The monoisotopic (exact) mass is 217 g/mol. The summed E-state index contributed by atoms with van der Waals surface area (Å²) in [4.78, 5) is 10.8. The molecule has 1 heterocycles. The maximum Gasteiger partial charge on any atom is 0.335 e. The summed E-state index contributed by atoms with van der Waals surface area (Å²) in [6.45, 7) is 0. The van der Waals surface area contributed by atoms with Crippen LogP contribution in [-0.2, 0) is 0 Å². The van der Waals surface area contributed by atoms with Crippen LogP contribution >= 0.6 is 0 Å². The zero-order valence-corrected chi connectivity index (χ0v) is 8.63. The average molecular weight is 217 g/mol. The van der Waals surface area contributed by atoms with Gasteiger partial charge in [-0.2, -0.15) is 0 Å². The van der Waals surface area contributed by atoms with Crippen molar-refractivity contribution in [2.45, 2.75) is 25.3 Å². The van der Waals surface area contributed by atoms with Crippen molar-refractivity contribution in [2.24, 2.45) is 0 Å². The van der Waals surface area contributed by atoms with E-state index in [1.54, 1.807) is 18.2 Å². The van der Waals surface area contributed by atoms with E-state index < -0.39 is 5.97 Å². The van der Waals surface area contributed by atoms with Crippen LogP contribution in [0.4, 0.5) is 0 Å². The van der Waals surface area contributed by atoms with Gasteiger partial charge in [-0.3, -0.25) is 0 Å². The van der Waals surface area contributed by atoms with E-state index in [0.29, 0.717) is 11.6 Å². The Labute approximate surface area is 91.7 Å². The summed E-state index contributed by atoms with van der Waals surface area (Å²) in [6.07, 6.45) is 3.51. The van der Waals surface area contributed by atoms with Gasteiger partial charge in [0.05, 0.1) is 17.1 Å². The third-order valence-corrected chi connectivity index (χ3v) is 3.14. The Balaban J connectivity index is 2.10.